The highest BCUT2D eigenvalue weighted by Crippen LogP contribution is 2.33. The normalized spacial score (nSPS) is 11.3. The zero-order chi connectivity index (χ0) is 22.0. The molecule has 0 aliphatic carbocycles. The van der Waals surface area contributed by atoms with Crippen molar-refractivity contribution >= 4 is 28.8 Å². The second-order valence-electron chi connectivity index (χ2n) is 6.66. The predicted octanol–water partition coefficient (Wildman–Crippen LogP) is 4.33. The molecule has 0 saturated carbocycles. The summed E-state index contributed by atoms with van der Waals surface area (Å²) in [7, 11) is 0. The van der Waals surface area contributed by atoms with Crippen LogP contribution in [0.1, 0.15) is 18.1 Å². The van der Waals surface area contributed by atoms with Gasteiger partial charge in [0.05, 0.1) is 23.3 Å². The molecule has 156 valence electrons. The van der Waals surface area contributed by atoms with E-state index < -0.39 is 10.7 Å². The second-order valence-corrected chi connectivity index (χ2v) is 6.66. The molecule has 2 aromatic carbocycles. The van der Waals surface area contributed by atoms with E-state index >= 15 is 0 Å². The molecule has 0 N–H and O–H groups in total. The Kier molecular flexibility index (Phi) is 5.31. The number of hydrogen-bond acceptors (Lipinski definition) is 8. The molecular weight excluding hydrogens is 400 g/mol. The molecule has 4 aromatic rings. The summed E-state index contributed by atoms with van der Waals surface area (Å²) in [6, 6.07) is 11.3. The van der Waals surface area contributed by atoms with Gasteiger partial charge in [-0.05, 0) is 49.2 Å². The minimum absolute atomic E-state index is 0.0634. The number of pyridine rings is 1. The highest BCUT2D eigenvalue weighted by Gasteiger charge is 2.13. The summed E-state index contributed by atoms with van der Waals surface area (Å²) >= 11 is 0. The Labute approximate surface area is 176 Å². The van der Waals surface area contributed by atoms with Gasteiger partial charge in [0.2, 0.25) is 5.89 Å². The summed E-state index contributed by atoms with van der Waals surface area (Å²) in [5.74, 6) is -0.152. The molecule has 0 fully saturated rings. The first-order chi connectivity index (χ1) is 15.0. The largest absolute Gasteiger partial charge is 0.870 e. The van der Waals surface area contributed by atoms with E-state index in [1.807, 2.05) is 19.1 Å². The third kappa shape index (κ3) is 4.06. The molecular formula is C22H17N4O5-. The van der Waals surface area contributed by atoms with E-state index in [-0.39, 0.29) is 23.6 Å². The van der Waals surface area contributed by atoms with Gasteiger partial charge in [0, 0.05) is 24.0 Å². The molecule has 0 aliphatic rings. The maximum atomic E-state index is 12.6. The second kappa shape index (κ2) is 8.23. The minimum Gasteiger partial charge on any atom is -0.870 e. The number of aryl methyl sites for hydroxylation is 1. The van der Waals surface area contributed by atoms with Gasteiger partial charge in [0.15, 0.2) is 11.2 Å². The van der Waals surface area contributed by atoms with Crippen molar-refractivity contribution in [2.75, 3.05) is 6.61 Å². The van der Waals surface area contributed by atoms with Crippen LogP contribution in [-0.2, 0) is 0 Å². The van der Waals surface area contributed by atoms with Crippen molar-refractivity contribution in [1.82, 2.24) is 9.97 Å². The van der Waals surface area contributed by atoms with Crippen LogP contribution in [0.15, 0.2) is 58.1 Å². The van der Waals surface area contributed by atoms with Crippen molar-refractivity contribution in [3.63, 3.8) is 0 Å². The van der Waals surface area contributed by atoms with E-state index in [4.69, 9.17) is 9.15 Å². The highest BCUT2D eigenvalue weighted by molar-refractivity contribution is 5.88. The van der Waals surface area contributed by atoms with Crippen LogP contribution in [0.3, 0.4) is 0 Å². The van der Waals surface area contributed by atoms with Crippen molar-refractivity contribution in [3.8, 4) is 23.0 Å². The number of rotatable bonds is 6. The molecule has 0 unspecified atom stereocenters. The third-order valence-electron chi connectivity index (χ3n) is 4.54. The number of aliphatic imine (C=N–C) groups is 1. The minimum atomic E-state index is -0.577. The van der Waals surface area contributed by atoms with Gasteiger partial charge in [-0.25, -0.2) is 4.98 Å². The van der Waals surface area contributed by atoms with Crippen molar-refractivity contribution in [2.24, 2.45) is 4.99 Å². The van der Waals surface area contributed by atoms with Gasteiger partial charge in [-0.3, -0.25) is 15.1 Å². The lowest BCUT2D eigenvalue weighted by Crippen LogP contribution is -2.04. The van der Waals surface area contributed by atoms with Gasteiger partial charge in [-0.15, -0.1) is 0 Å². The Bertz CT molecular complexity index is 1280. The molecule has 0 saturated heterocycles. The van der Waals surface area contributed by atoms with Gasteiger partial charge in [-0.1, -0.05) is 11.8 Å². The number of hydrogen-bond donors (Lipinski definition) is 0. The van der Waals surface area contributed by atoms with Gasteiger partial charge >= 0.3 is 0 Å². The lowest BCUT2D eigenvalue weighted by Gasteiger charge is -2.16. The third-order valence-corrected chi connectivity index (χ3v) is 4.54. The Hall–Kier alpha value is -4.27. The molecule has 0 bridgehead atoms. The molecule has 0 atom stereocenters. The summed E-state index contributed by atoms with van der Waals surface area (Å²) in [4.78, 5) is 23.6. The summed E-state index contributed by atoms with van der Waals surface area (Å²) in [6.07, 6.45) is 2.94. The summed E-state index contributed by atoms with van der Waals surface area (Å²) in [6.45, 7) is 3.78. The Morgan fingerprint density at radius 2 is 2.10 bits per heavy atom. The molecule has 9 nitrogen and oxygen atoms in total. The van der Waals surface area contributed by atoms with Crippen molar-refractivity contribution in [2.45, 2.75) is 13.8 Å². The zero-order valence-electron chi connectivity index (χ0n) is 16.7. The Morgan fingerprint density at radius 1 is 1.26 bits per heavy atom. The van der Waals surface area contributed by atoms with E-state index in [0.717, 1.165) is 11.6 Å². The van der Waals surface area contributed by atoms with Crippen LogP contribution in [0.2, 0.25) is 0 Å². The molecule has 0 spiro atoms. The number of oxazole rings is 1. The van der Waals surface area contributed by atoms with Crippen molar-refractivity contribution < 1.29 is 19.2 Å². The summed E-state index contributed by atoms with van der Waals surface area (Å²) < 4.78 is 11.0. The lowest BCUT2D eigenvalue weighted by atomic mass is 10.1. The topological polar surface area (TPSA) is 127 Å². The molecule has 0 amide bonds. The average Bonchev–Trinajstić information content (AvgIpc) is 3.19. The van der Waals surface area contributed by atoms with Gasteiger partial charge in [0.25, 0.3) is 5.69 Å². The van der Waals surface area contributed by atoms with Gasteiger partial charge in [0.1, 0.15) is 5.75 Å². The molecule has 9 heteroatoms. The van der Waals surface area contributed by atoms with E-state index in [9.17, 15) is 15.2 Å². The van der Waals surface area contributed by atoms with Crippen LogP contribution in [0.5, 0.6) is 11.5 Å². The first-order valence-electron chi connectivity index (χ1n) is 9.45. The van der Waals surface area contributed by atoms with Crippen LogP contribution >= 0.6 is 0 Å². The smallest absolute Gasteiger partial charge is 0.273 e. The Morgan fingerprint density at radius 3 is 2.84 bits per heavy atom. The van der Waals surface area contributed by atoms with Crippen LogP contribution in [0.25, 0.3) is 22.7 Å². The average molecular weight is 417 g/mol. The fraction of sp³-hybridized carbons (Fsp3) is 0.136. The molecule has 0 aliphatic heterocycles. The molecule has 2 aromatic heterocycles. The lowest BCUT2D eigenvalue weighted by molar-refractivity contribution is -0.385. The SMILES string of the molecule is CCOc1cc([N+](=O)[O-])cc(C=Nc2cc(-c3nc4ncccc4o3)ccc2C)c1[O-]. The Balaban J connectivity index is 1.72. The number of fused-ring (bicyclic) bond motifs is 1. The summed E-state index contributed by atoms with van der Waals surface area (Å²) in [5, 5.41) is 23.8. The number of non-ortho nitro benzene ring substituents is 1. The van der Waals surface area contributed by atoms with Crippen LogP contribution in [0, 0.1) is 17.0 Å². The van der Waals surface area contributed by atoms with Crippen LogP contribution < -0.4 is 9.84 Å². The number of nitro groups is 1. The molecule has 31 heavy (non-hydrogen) atoms. The van der Waals surface area contributed by atoms with Crippen molar-refractivity contribution in [1.29, 1.82) is 0 Å². The number of nitro benzene ring substituents is 1. The van der Waals surface area contributed by atoms with Crippen molar-refractivity contribution in [3.05, 3.63) is 69.9 Å². The first kappa shape index (κ1) is 20.0. The number of aromatic nitrogens is 2. The van der Waals surface area contributed by atoms with E-state index in [0.29, 0.717) is 28.4 Å². The van der Waals surface area contributed by atoms with Crippen LogP contribution in [0.4, 0.5) is 11.4 Å². The zero-order valence-corrected chi connectivity index (χ0v) is 16.7. The molecule has 4 rings (SSSR count). The highest BCUT2D eigenvalue weighted by atomic mass is 16.6. The van der Waals surface area contributed by atoms with E-state index in [1.54, 1.807) is 31.3 Å². The van der Waals surface area contributed by atoms with Crippen LogP contribution in [-0.4, -0.2) is 27.7 Å². The van der Waals surface area contributed by atoms with E-state index in [2.05, 4.69) is 15.0 Å². The maximum Gasteiger partial charge on any atom is 0.273 e. The fourth-order valence-corrected chi connectivity index (χ4v) is 2.99. The molecule has 0 radical (unpaired) electrons. The van der Waals surface area contributed by atoms with E-state index in [1.165, 1.54) is 12.3 Å². The van der Waals surface area contributed by atoms with Gasteiger partial charge in [-0.2, -0.15) is 4.98 Å². The number of nitrogens with zero attached hydrogens (tertiary/aromatic N) is 4. The summed E-state index contributed by atoms with van der Waals surface area (Å²) in [5.41, 5.74) is 2.99. The molecule has 2 heterocycles. The standard InChI is InChI=1S/C22H18N4O5/c1-3-30-19-11-16(26(28)29)9-15(20(19)27)12-24-17-10-14(7-6-13(17)2)22-25-21-18(31-22)5-4-8-23-21/h4-12,27H,3H2,1-2H3/p-1. The number of benzene rings is 2. The number of ether oxygens (including phenoxy) is 1. The fourth-order valence-electron chi connectivity index (χ4n) is 2.99. The quantitative estimate of drug-likeness (QED) is 0.259. The maximum absolute atomic E-state index is 12.6. The predicted molar refractivity (Wildman–Crippen MR) is 113 cm³/mol. The van der Waals surface area contributed by atoms with Gasteiger partial charge < -0.3 is 14.3 Å². The monoisotopic (exact) mass is 417 g/mol. The first-order valence-corrected chi connectivity index (χ1v) is 9.45.